The SMILES string of the molecule is CCOC(=O)N1CCC(N2CCC3(CC2)OCCc2cc(OC)c(OC)cc23)C1. The second-order valence-corrected chi connectivity index (χ2v) is 8.08. The lowest BCUT2D eigenvalue weighted by molar-refractivity contribution is -0.102. The number of carbonyl (C=O) groups is 1. The van der Waals surface area contributed by atoms with E-state index in [2.05, 4.69) is 17.0 Å². The van der Waals surface area contributed by atoms with E-state index in [9.17, 15) is 4.79 Å². The van der Waals surface area contributed by atoms with Gasteiger partial charge in [0.2, 0.25) is 0 Å². The molecular formula is C22H32N2O5. The highest BCUT2D eigenvalue weighted by atomic mass is 16.6. The van der Waals surface area contributed by atoms with Crippen molar-refractivity contribution >= 4 is 6.09 Å². The van der Waals surface area contributed by atoms with Gasteiger partial charge in [0.15, 0.2) is 11.5 Å². The van der Waals surface area contributed by atoms with Gasteiger partial charge in [-0.2, -0.15) is 0 Å². The zero-order valence-electron chi connectivity index (χ0n) is 17.7. The number of rotatable bonds is 4. The van der Waals surface area contributed by atoms with Gasteiger partial charge >= 0.3 is 6.09 Å². The molecule has 0 radical (unpaired) electrons. The van der Waals surface area contributed by atoms with Crippen LogP contribution in [-0.2, 0) is 21.5 Å². The summed E-state index contributed by atoms with van der Waals surface area (Å²) in [5.41, 5.74) is 2.31. The maximum Gasteiger partial charge on any atom is 0.409 e. The maximum atomic E-state index is 12.0. The van der Waals surface area contributed by atoms with Crippen LogP contribution in [0.1, 0.15) is 37.3 Å². The number of amides is 1. The minimum Gasteiger partial charge on any atom is -0.493 e. The van der Waals surface area contributed by atoms with Crippen LogP contribution < -0.4 is 9.47 Å². The molecule has 3 heterocycles. The van der Waals surface area contributed by atoms with Gasteiger partial charge in [-0.15, -0.1) is 0 Å². The van der Waals surface area contributed by atoms with E-state index >= 15 is 0 Å². The fourth-order valence-corrected chi connectivity index (χ4v) is 5.07. The first kappa shape index (κ1) is 20.3. The van der Waals surface area contributed by atoms with Crippen LogP contribution in [0.5, 0.6) is 11.5 Å². The van der Waals surface area contributed by atoms with Crippen LogP contribution in [0.25, 0.3) is 0 Å². The van der Waals surface area contributed by atoms with Gasteiger partial charge in [-0.25, -0.2) is 4.79 Å². The molecule has 1 unspecified atom stereocenters. The number of hydrogen-bond donors (Lipinski definition) is 0. The highest BCUT2D eigenvalue weighted by Gasteiger charge is 2.43. The van der Waals surface area contributed by atoms with E-state index in [-0.39, 0.29) is 11.7 Å². The molecule has 1 atom stereocenters. The lowest BCUT2D eigenvalue weighted by Crippen LogP contribution is -2.50. The molecule has 1 amide bonds. The lowest BCUT2D eigenvalue weighted by Gasteiger charge is -2.46. The number of methoxy groups -OCH3 is 2. The van der Waals surface area contributed by atoms with Crippen LogP contribution in [0, 0.1) is 0 Å². The Bertz CT molecular complexity index is 745. The number of nitrogens with zero attached hydrogens (tertiary/aromatic N) is 2. The molecule has 3 aliphatic heterocycles. The van der Waals surface area contributed by atoms with E-state index < -0.39 is 0 Å². The third kappa shape index (κ3) is 3.78. The minimum atomic E-state index is -0.247. The summed E-state index contributed by atoms with van der Waals surface area (Å²) in [7, 11) is 3.36. The first-order valence-corrected chi connectivity index (χ1v) is 10.7. The predicted molar refractivity (Wildman–Crippen MR) is 109 cm³/mol. The summed E-state index contributed by atoms with van der Waals surface area (Å²) < 4.78 is 22.6. The van der Waals surface area contributed by atoms with E-state index in [1.54, 1.807) is 14.2 Å². The summed E-state index contributed by atoms with van der Waals surface area (Å²) in [5, 5.41) is 0. The number of ether oxygens (including phenoxy) is 4. The summed E-state index contributed by atoms with van der Waals surface area (Å²) in [6.45, 7) is 6.49. The van der Waals surface area contributed by atoms with E-state index in [0.29, 0.717) is 12.6 Å². The molecule has 1 aromatic carbocycles. The van der Waals surface area contributed by atoms with Crippen molar-refractivity contribution in [2.75, 3.05) is 53.6 Å². The van der Waals surface area contributed by atoms with Crippen LogP contribution in [0.4, 0.5) is 4.79 Å². The molecule has 0 N–H and O–H groups in total. The Morgan fingerprint density at radius 1 is 1.17 bits per heavy atom. The van der Waals surface area contributed by atoms with Gasteiger partial charge in [-0.3, -0.25) is 4.90 Å². The Balaban J connectivity index is 1.46. The summed E-state index contributed by atoms with van der Waals surface area (Å²) in [4.78, 5) is 16.4. The number of hydrogen-bond acceptors (Lipinski definition) is 6. The molecule has 1 aromatic rings. The van der Waals surface area contributed by atoms with Crippen molar-refractivity contribution in [2.24, 2.45) is 0 Å². The van der Waals surface area contributed by atoms with Gasteiger partial charge in [0.05, 0.1) is 33.0 Å². The van der Waals surface area contributed by atoms with Crippen molar-refractivity contribution < 1.29 is 23.7 Å². The zero-order valence-corrected chi connectivity index (χ0v) is 17.7. The Hall–Kier alpha value is -1.99. The lowest BCUT2D eigenvalue weighted by atomic mass is 9.79. The third-order valence-corrected chi connectivity index (χ3v) is 6.66. The van der Waals surface area contributed by atoms with Crippen molar-refractivity contribution in [3.05, 3.63) is 23.3 Å². The van der Waals surface area contributed by atoms with Crippen molar-refractivity contribution in [1.29, 1.82) is 0 Å². The average molecular weight is 405 g/mol. The van der Waals surface area contributed by atoms with Crippen LogP contribution in [-0.4, -0.2) is 75.5 Å². The molecular weight excluding hydrogens is 372 g/mol. The molecule has 0 saturated carbocycles. The quantitative estimate of drug-likeness (QED) is 0.769. The van der Waals surface area contributed by atoms with Gasteiger partial charge < -0.3 is 23.8 Å². The van der Waals surface area contributed by atoms with E-state index in [0.717, 1.165) is 70.0 Å². The number of piperidine rings is 1. The molecule has 3 aliphatic rings. The fourth-order valence-electron chi connectivity index (χ4n) is 5.07. The van der Waals surface area contributed by atoms with Crippen LogP contribution in [0.15, 0.2) is 12.1 Å². The van der Waals surface area contributed by atoms with Gasteiger partial charge in [-0.05, 0) is 55.9 Å². The fraction of sp³-hybridized carbons (Fsp3) is 0.682. The van der Waals surface area contributed by atoms with Crippen molar-refractivity contribution in [3.8, 4) is 11.5 Å². The van der Waals surface area contributed by atoms with E-state index in [1.807, 2.05) is 11.8 Å². The van der Waals surface area contributed by atoms with E-state index in [1.165, 1.54) is 11.1 Å². The molecule has 2 fully saturated rings. The second kappa shape index (κ2) is 8.40. The van der Waals surface area contributed by atoms with Crippen LogP contribution >= 0.6 is 0 Å². The molecule has 0 bridgehead atoms. The third-order valence-electron chi connectivity index (χ3n) is 6.66. The Kier molecular flexibility index (Phi) is 5.88. The molecule has 29 heavy (non-hydrogen) atoms. The van der Waals surface area contributed by atoms with E-state index in [4.69, 9.17) is 18.9 Å². The molecule has 4 rings (SSSR count). The van der Waals surface area contributed by atoms with Crippen LogP contribution in [0.3, 0.4) is 0 Å². The van der Waals surface area contributed by atoms with Gasteiger partial charge in [-0.1, -0.05) is 0 Å². The number of benzene rings is 1. The first-order chi connectivity index (χ1) is 14.1. The number of fused-ring (bicyclic) bond motifs is 2. The van der Waals surface area contributed by atoms with Gasteiger partial charge in [0.25, 0.3) is 0 Å². The Morgan fingerprint density at radius 2 is 1.90 bits per heavy atom. The molecule has 0 aliphatic carbocycles. The summed E-state index contributed by atoms with van der Waals surface area (Å²) in [6, 6.07) is 4.63. The standard InChI is InChI=1S/C22H32N2O5/c1-4-28-21(25)24-9-5-17(15-24)23-10-7-22(8-11-23)18-14-20(27-3)19(26-2)13-16(18)6-12-29-22/h13-14,17H,4-12,15H2,1-3H3. The highest BCUT2D eigenvalue weighted by molar-refractivity contribution is 5.68. The average Bonchev–Trinajstić information content (AvgIpc) is 3.24. The smallest absolute Gasteiger partial charge is 0.409 e. The summed E-state index contributed by atoms with van der Waals surface area (Å²) in [6.07, 6.45) is 3.62. The Labute approximate surface area is 172 Å². The molecule has 2 saturated heterocycles. The van der Waals surface area contributed by atoms with Gasteiger partial charge in [0, 0.05) is 32.2 Å². The highest BCUT2D eigenvalue weighted by Crippen LogP contribution is 2.45. The van der Waals surface area contributed by atoms with Crippen molar-refractivity contribution in [2.45, 2.75) is 44.2 Å². The normalized spacial score (nSPS) is 23.7. The summed E-state index contributed by atoms with van der Waals surface area (Å²) in [5.74, 6) is 1.55. The summed E-state index contributed by atoms with van der Waals surface area (Å²) >= 11 is 0. The monoisotopic (exact) mass is 404 g/mol. The molecule has 7 nitrogen and oxygen atoms in total. The molecule has 0 aromatic heterocycles. The van der Waals surface area contributed by atoms with Crippen LogP contribution in [0.2, 0.25) is 0 Å². The first-order valence-electron chi connectivity index (χ1n) is 10.7. The van der Waals surface area contributed by atoms with Crippen molar-refractivity contribution in [1.82, 2.24) is 9.80 Å². The molecule has 1 spiro atoms. The van der Waals surface area contributed by atoms with Gasteiger partial charge in [0.1, 0.15) is 0 Å². The minimum absolute atomic E-state index is 0.186. The zero-order chi connectivity index (χ0) is 20.4. The Morgan fingerprint density at radius 3 is 2.59 bits per heavy atom. The van der Waals surface area contributed by atoms with Crippen molar-refractivity contribution in [3.63, 3.8) is 0 Å². The largest absolute Gasteiger partial charge is 0.493 e. The second-order valence-electron chi connectivity index (χ2n) is 8.08. The molecule has 160 valence electrons. The number of likely N-dealkylation sites (tertiary alicyclic amines) is 2. The maximum absolute atomic E-state index is 12.0. The molecule has 7 heteroatoms. The topological polar surface area (TPSA) is 60.5 Å². The predicted octanol–water partition coefficient (Wildman–Crippen LogP) is 2.80. The number of carbonyl (C=O) groups excluding carboxylic acids is 1.